The van der Waals surface area contributed by atoms with Crippen molar-refractivity contribution in [3.8, 4) is 0 Å². The van der Waals surface area contributed by atoms with Gasteiger partial charge >= 0.3 is 5.97 Å². The third-order valence-corrected chi connectivity index (χ3v) is 6.31. The van der Waals surface area contributed by atoms with E-state index in [4.69, 9.17) is 4.74 Å². The van der Waals surface area contributed by atoms with E-state index in [0.717, 1.165) is 43.2 Å². The van der Waals surface area contributed by atoms with Gasteiger partial charge < -0.3 is 19.9 Å². The number of hydrogen-bond donors (Lipinski definition) is 2. The predicted molar refractivity (Wildman–Crippen MR) is 123 cm³/mol. The number of benzene rings is 1. The van der Waals surface area contributed by atoms with Crippen molar-refractivity contribution in [1.82, 2.24) is 14.8 Å². The van der Waals surface area contributed by atoms with E-state index < -0.39 is 17.4 Å². The van der Waals surface area contributed by atoms with E-state index in [1.807, 2.05) is 0 Å². The Hall–Kier alpha value is -3.23. The monoisotopic (exact) mass is 436 g/mol. The maximum Gasteiger partial charge on any atom is 0.337 e. The van der Waals surface area contributed by atoms with Crippen LogP contribution in [0.5, 0.6) is 0 Å². The number of methoxy groups -OCH3 is 1. The molecule has 1 aromatic heterocycles. The summed E-state index contributed by atoms with van der Waals surface area (Å²) in [5.41, 5.74) is 0.136. The number of esters is 1. The predicted octanol–water partition coefficient (Wildman–Crippen LogP) is 0.385. The smallest absolute Gasteiger partial charge is 0.337 e. The molecule has 0 radical (unpaired) electrons. The first-order valence-electron chi connectivity index (χ1n) is 10.7. The zero-order chi connectivity index (χ0) is 22.9. The van der Waals surface area contributed by atoms with E-state index >= 15 is 0 Å². The highest BCUT2D eigenvalue weighted by atomic mass is 16.5. The fraction of sp³-hybridized carbons (Fsp3) is 0.375. The molecule has 1 unspecified atom stereocenters. The number of likely N-dealkylation sites (N-methyl/N-ethyl adjacent to an activating group) is 1. The molecule has 1 aromatic carbocycles. The van der Waals surface area contributed by atoms with Crippen LogP contribution in [-0.2, 0) is 4.74 Å². The number of ether oxygens (including phenoxy) is 1. The molecule has 2 aromatic rings. The lowest BCUT2D eigenvalue weighted by Crippen LogP contribution is -2.56. The number of aromatic nitrogens is 1. The zero-order valence-corrected chi connectivity index (χ0v) is 18.6. The van der Waals surface area contributed by atoms with Crippen LogP contribution >= 0.6 is 0 Å². The highest BCUT2D eigenvalue weighted by molar-refractivity contribution is 6.04. The molecule has 0 saturated carbocycles. The van der Waals surface area contributed by atoms with Crippen molar-refractivity contribution in [1.29, 1.82) is 0 Å². The van der Waals surface area contributed by atoms with Gasteiger partial charge in [-0.15, -0.1) is 0 Å². The highest BCUT2D eigenvalue weighted by Crippen LogP contribution is 2.24. The lowest BCUT2D eigenvalue weighted by molar-refractivity contribution is 0.0600. The number of rotatable bonds is 4. The number of anilines is 1. The third kappa shape index (κ3) is 4.37. The number of nitrogens with one attached hydrogen (secondary N) is 2. The minimum absolute atomic E-state index is 0.0278. The Bertz CT molecular complexity index is 1230. The number of hydrogen-bond acceptors (Lipinski definition) is 6. The van der Waals surface area contributed by atoms with Crippen molar-refractivity contribution < 1.29 is 14.3 Å². The van der Waals surface area contributed by atoms with Crippen molar-refractivity contribution in [2.75, 3.05) is 45.7 Å². The fourth-order valence-corrected chi connectivity index (χ4v) is 4.28. The van der Waals surface area contributed by atoms with Crippen LogP contribution in [0.15, 0.2) is 35.1 Å². The Morgan fingerprint density at radius 1 is 1.16 bits per heavy atom. The maximum atomic E-state index is 12.8. The van der Waals surface area contributed by atoms with Crippen LogP contribution in [0, 0.1) is 0 Å². The van der Waals surface area contributed by atoms with Crippen molar-refractivity contribution in [3.05, 3.63) is 62.4 Å². The summed E-state index contributed by atoms with van der Waals surface area (Å²) in [6.07, 6.45) is 4.99. The molecule has 1 fully saturated rings. The van der Waals surface area contributed by atoms with Gasteiger partial charge in [-0.3, -0.25) is 14.5 Å². The molecule has 8 heteroatoms. The molecule has 32 heavy (non-hydrogen) atoms. The van der Waals surface area contributed by atoms with E-state index in [-0.39, 0.29) is 11.1 Å². The van der Waals surface area contributed by atoms with E-state index in [1.54, 1.807) is 24.3 Å². The Kier molecular flexibility index (Phi) is 5.99. The molecule has 0 bridgehead atoms. The number of H-pyrrole nitrogens is 1. The molecule has 1 aliphatic heterocycles. The molecular formula is C24H28N4O4. The largest absolute Gasteiger partial charge is 0.465 e. The summed E-state index contributed by atoms with van der Waals surface area (Å²) in [6.45, 7) is 6.17. The van der Waals surface area contributed by atoms with E-state index in [9.17, 15) is 14.4 Å². The number of piperazine rings is 1. The minimum atomic E-state index is -0.531. The molecule has 168 valence electrons. The second kappa shape index (κ2) is 8.72. The van der Waals surface area contributed by atoms with Crippen LogP contribution in [0.3, 0.4) is 0 Å². The van der Waals surface area contributed by atoms with Gasteiger partial charge in [0.1, 0.15) is 5.56 Å². The summed E-state index contributed by atoms with van der Waals surface area (Å²) in [5, 5.41) is 4.27. The number of pyridine rings is 1. The number of fused-ring (bicyclic) bond motifs is 1. The van der Waals surface area contributed by atoms with Crippen LogP contribution in [-0.4, -0.2) is 72.5 Å². The van der Waals surface area contributed by atoms with Crippen molar-refractivity contribution in [3.63, 3.8) is 0 Å². The molecule has 8 nitrogen and oxygen atoms in total. The first-order valence-corrected chi connectivity index (χ1v) is 10.7. The van der Waals surface area contributed by atoms with Crippen LogP contribution in [0.4, 0.5) is 5.69 Å². The lowest BCUT2D eigenvalue weighted by Gasteiger charge is -2.44. The Balaban J connectivity index is 1.59. The van der Waals surface area contributed by atoms with Gasteiger partial charge in [-0.05, 0) is 56.0 Å². The SMILES string of the molecule is COC(=O)c1cccc(NC(=O)c2cc3c([nH]c2=O)=CC(C)(N2CCN(C)CC2)CC=3)c1. The average Bonchev–Trinajstić information content (AvgIpc) is 2.78. The molecule has 0 spiro atoms. The maximum absolute atomic E-state index is 12.8. The van der Waals surface area contributed by atoms with Gasteiger partial charge in [0.2, 0.25) is 0 Å². The van der Waals surface area contributed by atoms with E-state index in [1.165, 1.54) is 13.2 Å². The van der Waals surface area contributed by atoms with Crippen molar-refractivity contribution in [2.45, 2.75) is 18.9 Å². The quantitative estimate of drug-likeness (QED) is 0.674. The molecule has 1 saturated heterocycles. The second-order valence-electron chi connectivity index (χ2n) is 8.61. The molecule has 2 heterocycles. The average molecular weight is 437 g/mol. The van der Waals surface area contributed by atoms with Gasteiger partial charge in [-0.2, -0.15) is 0 Å². The normalized spacial score (nSPS) is 21.1. The summed E-state index contributed by atoms with van der Waals surface area (Å²) in [7, 11) is 3.42. The fourth-order valence-electron chi connectivity index (χ4n) is 4.28. The first kappa shape index (κ1) is 22.0. The summed E-state index contributed by atoms with van der Waals surface area (Å²) < 4.78 is 4.71. The molecule has 1 atom stereocenters. The van der Waals surface area contributed by atoms with Gasteiger partial charge in [0.15, 0.2) is 0 Å². The second-order valence-corrected chi connectivity index (χ2v) is 8.61. The minimum Gasteiger partial charge on any atom is -0.465 e. The molecule has 2 aliphatic rings. The van der Waals surface area contributed by atoms with Crippen LogP contribution < -0.4 is 21.4 Å². The molecular weight excluding hydrogens is 408 g/mol. The van der Waals surface area contributed by atoms with Gasteiger partial charge in [-0.25, -0.2) is 4.79 Å². The topological polar surface area (TPSA) is 94.7 Å². The summed E-state index contributed by atoms with van der Waals surface area (Å²) in [6, 6.07) is 8.03. The number of nitrogens with zero attached hydrogens (tertiary/aromatic N) is 2. The molecule has 1 aliphatic carbocycles. The molecule has 4 rings (SSSR count). The Morgan fingerprint density at radius 2 is 1.91 bits per heavy atom. The van der Waals surface area contributed by atoms with Crippen LogP contribution in [0.25, 0.3) is 12.2 Å². The standard InChI is InChI=1S/C24H28N4O4/c1-24(28-11-9-27(2)10-12-28)8-7-16-14-19(22(30)26-20(16)15-24)21(29)25-18-6-4-5-17(13-18)23(31)32-3/h4-7,13-15H,8-12H2,1-3H3,(H,25,29)(H,26,30). The Morgan fingerprint density at radius 3 is 2.62 bits per heavy atom. The third-order valence-electron chi connectivity index (χ3n) is 6.31. The first-order chi connectivity index (χ1) is 15.3. The van der Waals surface area contributed by atoms with Gasteiger partial charge in [-0.1, -0.05) is 12.1 Å². The number of amides is 1. The van der Waals surface area contributed by atoms with Crippen molar-refractivity contribution in [2.24, 2.45) is 0 Å². The zero-order valence-electron chi connectivity index (χ0n) is 18.6. The Labute approximate surface area is 186 Å². The molecule has 2 N–H and O–H groups in total. The highest BCUT2D eigenvalue weighted by Gasteiger charge is 2.32. The number of carbonyl (C=O) groups is 2. The van der Waals surface area contributed by atoms with Gasteiger partial charge in [0, 0.05) is 42.8 Å². The van der Waals surface area contributed by atoms with E-state index in [2.05, 4.69) is 46.2 Å². The number of carbonyl (C=O) groups excluding carboxylic acids is 2. The summed E-state index contributed by atoms with van der Waals surface area (Å²) in [5.74, 6) is -1.03. The number of aromatic amines is 1. The van der Waals surface area contributed by atoms with E-state index in [0.29, 0.717) is 11.3 Å². The van der Waals surface area contributed by atoms with Gasteiger partial charge in [0.05, 0.1) is 12.7 Å². The van der Waals surface area contributed by atoms with Crippen LogP contribution in [0.2, 0.25) is 0 Å². The van der Waals surface area contributed by atoms with Gasteiger partial charge in [0.25, 0.3) is 11.5 Å². The lowest BCUT2D eigenvalue weighted by atomic mass is 9.89. The van der Waals surface area contributed by atoms with Crippen LogP contribution in [0.1, 0.15) is 34.1 Å². The summed E-state index contributed by atoms with van der Waals surface area (Å²) in [4.78, 5) is 44.9. The van der Waals surface area contributed by atoms with Crippen molar-refractivity contribution >= 4 is 29.7 Å². The summed E-state index contributed by atoms with van der Waals surface area (Å²) >= 11 is 0. The molecule has 1 amide bonds.